The van der Waals surface area contributed by atoms with E-state index < -0.39 is 18.0 Å². The second-order valence-corrected chi connectivity index (χ2v) is 6.63. The second-order valence-electron chi connectivity index (χ2n) is 6.63. The molecule has 1 atom stereocenters. The highest BCUT2D eigenvalue weighted by Crippen LogP contribution is 2.26. The first-order chi connectivity index (χ1) is 15.1. The fourth-order valence-corrected chi connectivity index (χ4v) is 3.03. The van der Waals surface area contributed by atoms with Gasteiger partial charge in [-0.2, -0.15) is 0 Å². The minimum absolute atomic E-state index is 0.421. The summed E-state index contributed by atoms with van der Waals surface area (Å²) < 4.78 is 15.9. The average molecular weight is 417 g/mol. The van der Waals surface area contributed by atoms with Gasteiger partial charge in [0.2, 0.25) is 0 Å². The highest BCUT2D eigenvalue weighted by atomic mass is 16.5. The zero-order chi connectivity index (χ0) is 22.1. The van der Waals surface area contributed by atoms with Crippen LogP contribution in [0.5, 0.6) is 5.75 Å². The molecule has 6 heteroatoms. The van der Waals surface area contributed by atoms with Crippen LogP contribution in [0.2, 0.25) is 0 Å². The number of pyridine rings is 1. The summed E-state index contributed by atoms with van der Waals surface area (Å²) in [5.41, 5.74) is 2.46. The molecule has 0 aliphatic rings. The van der Waals surface area contributed by atoms with E-state index in [0.29, 0.717) is 23.3 Å². The number of ether oxygens (including phenoxy) is 3. The Labute approximate surface area is 181 Å². The third-order valence-corrected chi connectivity index (χ3v) is 4.64. The predicted octanol–water partition coefficient (Wildman–Crippen LogP) is 4.88. The van der Waals surface area contributed by atoms with Gasteiger partial charge in [0.25, 0.3) is 0 Å². The molecule has 0 saturated heterocycles. The molecule has 1 heterocycles. The lowest BCUT2D eigenvalue weighted by molar-refractivity contribution is 0.0303. The summed E-state index contributed by atoms with van der Waals surface area (Å²) >= 11 is 0. The number of esters is 2. The molecule has 0 aliphatic carbocycles. The van der Waals surface area contributed by atoms with Crippen LogP contribution in [0.25, 0.3) is 6.08 Å². The van der Waals surface area contributed by atoms with Crippen LogP contribution in [-0.2, 0) is 9.47 Å². The van der Waals surface area contributed by atoms with Gasteiger partial charge in [-0.25, -0.2) is 9.59 Å². The zero-order valence-corrected chi connectivity index (χ0v) is 17.4. The number of hydrogen-bond acceptors (Lipinski definition) is 6. The smallest absolute Gasteiger partial charge is 0.338 e. The van der Waals surface area contributed by atoms with Crippen molar-refractivity contribution in [3.05, 3.63) is 101 Å². The van der Waals surface area contributed by atoms with Gasteiger partial charge in [-0.3, -0.25) is 4.98 Å². The SMILES string of the molecule is COC(=O)c1ccc(OC)c(/C=C\CC(OC(=O)c2ccncc2)c2ccccc2)c1. The molecule has 0 saturated carbocycles. The molecule has 6 nitrogen and oxygen atoms in total. The number of rotatable bonds is 8. The average Bonchev–Trinajstić information content (AvgIpc) is 2.83. The van der Waals surface area contributed by atoms with Gasteiger partial charge in [0.1, 0.15) is 11.9 Å². The van der Waals surface area contributed by atoms with Gasteiger partial charge in [0.15, 0.2) is 0 Å². The molecule has 0 bridgehead atoms. The largest absolute Gasteiger partial charge is 0.496 e. The molecule has 0 spiro atoms. The molecule has 0 radical (unpaired) electrons. The van der Waals surface area contributed by atoms with Gasteiger partial charge in [-0.1, -0.05) is 42.5 Å². The molecule has 0 fully saturated rings. The van der Waals surface area contributed by atoms with Gasteiger partial charge in [-0.15, -0.1) is 0 Å². The van der Waals surface area contributed by atoms with E-state index in [1.54, 1.807) is 49.8 Å². The number of benzene rings is 2. The summed E-state index contributed by atoms with van der Waals surface area (Å²) in [6.07, 6.45) is 6.78. The number of aromatic nitrogens is 1. The summed E-state index contributed by atoms with van der Waals surface area (Å²) in [5, 5.41) is 0. The van der Waals surface area contributed by atoms with Crippen LogP contribution in [0.1, 0.15) is 44.4 Å². The highest BCUT2D eigenvalue weighted by molar-refractivity contribution is 5.90. The third-order valence-electron chi connectivity index (χ3n) is 4.64. The minimum Gasteiger partial charge on any atom is -0.496 e. The highest BCUT2D eigenvalue weighted by Gasteiger charge is 2.17. The molecule has 3 rings (SSSR count). The van der Waals surface area contributed by atoms with Crippen LogP contribution in [0.4, 0.5) is 0 Å². The van der Waals surface area contributed by atoms with Crippen molar-refractivity contribution in [3.63, 3.8) is 0 Å². The van der Waals surface area contributed by atoms with E-state index >= 15 is 0 Å². The normalized spacial score (nSPS) is 11.7. The van der Waals surface area contributed by atoms with E-state index in [9.17, 15) is 9.59 Å². The lowest BCUT2D eigenvalue weighted by Gasteiger charge is -2.17. The van der Waals surface area contributed by atoms with Crippen molar-refractivity contribution < 1.29 is 23.8 Å². The first kappa shape index (κ1) is 21.8. The van der Waals surface area contributed by atoms with Crippen LogP contribution in [0.15, 0.2) is 79.1 Å². The number of methoxy groups -OCH3 is 2. The van der Waals surface area contributed by atoms with Gasteiger partial charge in [0.05, 0.1) is 25.3 Å². The first-order valence-corrected chi connectivity index (χ1v) is 9.71. The van der Waals surface area contributed by atoms with E-state index in [2.05, 4.69) is 4.98 Å². The fraction of sp³-hybridized carbons (Fsp3) is 0.160. The molecule has 0 N–H and O–H groups in total. The number of carbonyl (C=O) groups excluding carboxylic acids is 2. The first-order valence-electron chi connectivity index (χ1n) is 9.71. The molecule has 0 amide bonds. The van der Waals surface area contributed by atoms with Crippen molar-refractivity contribution >= 4 is 18.0 Å². The number of nitrogens with zero attached hydrogens (tertiary/aromatic N) is 1. The maximum absolute atomic E-state index is 12.6. The molecule has 1 unspecified atom stereocenters. The summed E-state index contributed by atoms with van der Waals surface area (Å²) in [4.78, 5) is 28.3. The van der Waals surface area contributed by atoms with Crippen LogP contribution >= 0.6 is 0 Å². The number of carbonyl (C=O) groups is 2. The molecule has 0 aliphatic heterocycles. The van der Waals surface area contributed by atoms with E-state index in [1.807, 2.05) is 42.5 Å². The monoisotopic (exact) mass is 417 g/mol. The topological polar surface area (TPSA) is 74.7 Å². The van der Waals surface area contributed by atoms with Crippen molar-refractivity contribution in [2.75, 3.05) is 14.2 Å². The summed E-state index contributed by atoms with van der Waals surface area (Å²) in [6, 6.07) is 17.8. The summed E-state index contributed by atoms with van der Waals surface area (Å²) in [6.45, 7) is 0. The Morgan fingerprint density at radius 3 is 2.35 bits per heavy atom. The second kappa shape index (κ2) is 10.7. The molecule has 2 aromatic carbocycles. The third kappa shape index (κ3) is 5.79. The molecule has 3 aromatic rings. The van der Waals surface area contributed by atoms with Gasteiger partial charge < -0.3 is 14.2 Å². The van der Waals surface area contributed by atoms with Crippen LogP contribution < -0.4 is 4.74 Å². The van der Waals surface area contributed by atoms with Crippen molar-refractivity contribution in [2.45, 2.75) is 12.5 Å². The van der Waals surface area contributed by atoms with Crippen molar-refractivity contribution in [1.29, 1.82) is 0 Å². The number of hydrogen-bond donors (Lipinski definition) is 0. The van der Waals surface area contributed by atoms with Crippen molar-refractivity contribution in [3.8, 4) is 5.75 Å². The van der Waals surface area contributed by atoms with Crippen molar-refractivity contribution in [1.82, 2.24) is 4.98 Å². The van der Waals surface area contributed by atoms with E-state index in [-0.39, 0.29) is 0 Å². The van der Waals surface area contributed by atoms with E-state index in [0.717, 1.165) is 11.1 Å². The van der Waals surface area contributed by atoms with Crippen LogP contribution in [0.3, 0.4) is 0 Å². The van der Waals surface area contributed by atoms with E-state index in [1.165, 1.54) is 7.11 Å². The fourth-order valence-electron chi connectivity index (χ4n) is 3.03. The Morgan fingerprint density at radius 2 is 1.68 bits per heavy atom. The van der Waals surface area contributed by atoms with Crippen LogP contribution in [-0.4, -0.2) is 31.1 Å². The summed E-state index contributed by atoms with van der Waals surface area (Å²) in [5.74, 6) is -0.227. The Morgan fingerprint density at radius 1 is 0.935 bits per heavy atom. The Kier molecular flexibility index (Phi) is 7.54. The molecule has 1 aromatic heterocycles. The maximum Gasteiger partial charge on any atom is 0.338 e. The molecule has 158 valence electrons. The van der Waals surface area contributed by atoms with E-state index in [4.69, 9.17) is 14.2 Å². The Bertz CT molecular complexity index is 1050. The maximum atomic E-state index is 12.6. The Balaban J connectivity index is 1.81. The Hall–Kier alpha value is -3.93. The van der Waals surface area contributed by atoms with Gasteiger partial charge >= 0.3 is 11.9 Å². The predicted molar refractivity (Wildman–Crippen MR) is 117 cm³/mol. The molecular formula is C25H23NO5. The van der Waals surface area contributed by atoms with Gasteiger partial charge in [-0.05, 0) is 35.9 Å². The zero-order valence-electron chi connectivity index (χ0n) is 17.4. The molecule has 31 heavy (non-hydrogen) atoms. The van der Waals surface area contributed by atoms with Gasteiger partial charge in [0, 0.05) is 24.4 Å². The minimum atomic E-state index is -0.479. The quantitative estimate of drug-likeness (QED) is 0.487. The van der Waals surface area contributed by atoms with Crippen molar-refractivity contribution in [2.24, 2.45) is 0 Å². The molecular weight excluding hydrogens is 394 g/mol. The van der Waals surface area contributed by atoms with Crippen LogP contribution in [0, 0.1) is 0 Å². The standard InChI is InChI=1S/C25H23NO5/c1-29-22-12-11-21(24(27)30-2)17-20(22)9-6-10-23(18-7-4-3-5-8-18)31-25(28)19-13-15-26-16-14-19/h3-9,11-17,23H,10H2,1-2H3/b9-6-. The lowest BCUT2D eigenvalue weighted by Crippen LogP contribution is -2.11. The lowest BCUT2D eigenvalue weighted by atomic mass is 10.0. The summed E-state index contributed by atoms with van der Waals surface area (Å²) in [7, 11) is 2.90.